The van der Waals surface area contributed by atoms with E-state index in [1.165, 1.54) is 18.5 Å². The van der Waals surface area contributed by atoms with Gasteiger partial charge in [0, 0.05) is 6.08 Å². The highest BCUT2D eigenvalue weighted by Crippen LogP contribution is 2.45. The number of allylic oxidation sites excluding steroid dienone is 2. The molecule has 9 heteroatoms. The van der Waals surface area contributed by atoms with Gasteiger partial charge >= 0.3 is 11.6 Å². The Morgan fingerprint density at radius 2 is 1.29 bits per heavy atom. The first-order valence-electron chi connectivity index (χ1n) is 3.08. The fourth-order valence-electron chi connectivity index (χ4n) is 0.366. The second kappa shape index (κ2) is 4.23. The molecule has 0 aromatic rings. The molecular weight excluding hydrogens is 267 g/mol. The van der Waals surface area contributed by atoms with E-state index < -0.39 is 28.6 Å². The van der Waals surface area contributed by atoms with Crippen molar-refractivity contribution in [2.75, 3.05) is 0 Å². The largest absolute Gasteiger partial charge is 0.334 e. The highest BCUT2D eigenvalue weighted by atomic mass is 31.1. The molecule has 84 valence electrons. The lowest BCUT2D eigenvalue weighted by atomic mass is 10.3. The second-order valence-corrected chi connectivity index (χ2v) is 5.58. The van der Waals surface area contributed by atoms with Crippen LogP contribution in [0, 0.1) is 0 Å². The molecule has 0 aliphatic heterocycles. The molecule has 0 radical (unpaired) electrons. The van der Waals surface area contributed by atoms with Crippen molar-refractivity contribution in [3.05, 3.63) is 11.9 Å². The summed E-state index contributed by atoms with van der Waals surface area (Å²) in [6, 6.07) is 0. The second-order valence-electron chi connectivity index (χ2n) is 2.51. The number of alkyl halides is 5. The SMILES string of the molecule is F/C(=C\C(F)(F)C(F)(F)P)C(F)(P)P. The Balaban J connectivity index is 5.00. The van der Waals surface area contributed by atoms with E-state index in [1.54, 1.807) is 0 Å². The first kappa shape index (κ1) is 14.6. The first-order chi connectivity index (χ1) is 5.88. The van der Waals surface area contributed by atoms with Crippen LogP contribution in [0.3, 0.4) is 0 Å². The third kappa shape index (κ3) is 4.00. The summed E-state index contributed by atoms with van der Waals surface area (Å²) in [6.07, 6.45) is -0.750. The van der Waals surface area contributed by atoms with E-state index >= 15 is 0 Å². The van der Waals surface area contributed by atoms with Crippen molar-refractivity contribution in [3.8, 4) is 0 Å². The summed E-state index contributed by atoms with van der Waals surface area (Å²) in [5.74, 6) is -6.76. The van der Waals surface area contributed by atoms with Crippen LogP contribution < -0.4 is 0 Å². The van der Waals surface area contributed by atoms with Gasteiger partial charge in [0.05, 0.1) is 0 Å². The van der Waals surface area contributed by atoms with E-state index in [9.17, 15) is 26.3 Å². The van der Waals surface area contributed by atoms with Crippen molar-refractivity contribution in [3.63, 3.8) is 0 Å². The topological polar surface area (TPSA) is 0 Å². The molecule has 0 heterocycles. The lowest BCUT2D eigenvalue weighted by Crippen LogP contribution is -2.33. The molecule has 0 saturated carbocycles. The molecule has 0 aromatic heterocycles. The van der Waals surface area contributed by atoms with Crippen LogP contribution in [0.25, 0.3) is 0 Å². The Bertz CT molecular complexity index is 237. The van der Waals surface area contributed by atoms with Crippen LogP contribution in [0.5, 0.6) is 0 Å². The van der Waals surface area contributed by atoms with Crippen LogP contribution in [0.2, 0.25) is 0 Å². The van der Waals surface area contributed by atoms with Crippen molar-refractivity contribution in [1.29, 1.82) is 0 Å². The van der Waals surface area contributed by atoms with Crippen LogP contribution in [-0.4, -0.2) is 16.7 Å². The van der Waals surface area contributed by atoms with Gasteiger partial charge in [-0.1, -0.05) is 27.7 Å². The lowest BCUT2D eigenvalue weighted by molar-refractivity contribution is -0.118. The van der Waals surface area contributed by atoms with Gasteiger partial charge in [0.15, 0.2) is 5.15 Å². The van der Waals surface area contributed by atoms with E-state index in [-0.39, 0.29) is 0 Å². The van der Waals surface area contributed by atoms with Crippen molar-refractivity contribution in [2.24, 2.45) is 0 Å². The molecule has 0 saturated heterocycles. The van der Waals surface area contributed by atoms with E-state index in [1.807, 2.05) is 0 Å². The van der Waals surface area contributed by atoms with E-state index in [0.29, 0.717) is 9.24 Å². The number of hydrogen-bond donors (Lipinski definition) is 0. The van der Waals surface area contributed by atoms with Gasteiger partial charge in [-0.05, 0) is 0 Å². The lowest BCUT2D eigenvalue weighted by Gasteiger charge is -2.21. The van der Waals surface area contributed by atoms with Crippen molar-refractivity contribution < 1.29 is 26.3 Å². The zero-order valence-corrected chi connectivity index (χ0v) is 10.0. The molecule has 0 rings (SSSR count). The minimum absolute atomic E-state index is 0.561. The Hall–Kier alpha value is 0.610. The summed E-state index contributed by atoms with van der Waals surface area (Å²) in [5, 5.41) is -2.86. The summed E-state index contributed by atoms with van der Waals surface area (Å²) >= 11 is 0. The molecule has 3 unspecified atom stereocenters. The maximum absolute atomic E-state index is 12.6. The molecule has 0 aromatic carbocycles. The maximum Gasteiger partial charge on any atom is 0.334 e. The quantitative estimate of drug-likeness (QED) is 0.547. The van der Waals surface area contributed by atoms with Crippen LogP contribution in [-0.2, 0) is 0 Å². The number of halogens is 6. The molecule has 14 heavy (non-hydrogen) atoms. The molecular formula is C5H7F6P3. The summed E-state index contributed by atoms with van der Waals surface area (Å²) in [7, 11) is 3.05. The minimum Gasteiger partial charge on any atom is -0.227 e. The Morgan fingerprint density at radius 1 is 0.929 bits per heavy atom. The Labute approximate surface area is 83.5 Å². The number of rotatable bonds is 3. The fraction of sp³-hybridized carbons (Fsp3) is 0.600. The molecule has 3 atom stereocenters. The van der Waals surface area contributed by atoms with E-state index in [4.69, 9.17) is 0 Å². The third-order valence-electron chi connectivity index (χ3n) is 1.12. The molecule has 0 amide bonds. The van der Waals surface area contributed by atoms with Crippen molar-refractivity contribution in [2.45, 2.75) is 16.7 Å². The summed E-state index contributed by atoms with van der Waals surface area (Å²) in [5.41, 5.74) is -4.52. The van der Waals surface area contributed by atoms with Gasteiger partial charge in [-0.25, -0.2) is 8.78 Å². The zero-order chi connectivity index (χ0) is 11.8. The summed E-state index contributed by atoms with van der Waals surface area (Å²) in [6.45, 7) is 0. The zero-order valence-electron chi connectivity index (χ0n) is 6.58. The van der Waals surface area contributed by atoms with Gasteiger partial charge in [-0.3, -0.25) is 0 Å². The third-order valence-corrected chi connectivity index (χ3v) is 2.05. The minimum atomic E-state index is -4.76. The van der Waals surface area contributed by atoms with E-state index in [2.05, 4.69) is 0 Å². The van der Waals surface area contributed by atoms with Gasteiger partial charge in [-0.15, -0.1) is 0 Å². The van der Waals surface area contributed by atoms with Crippen LogP contribution >= 0.6 is 27.7 Å². The predicted octanol–water partition coefficient (Wildman–Crippen LogP) is 3.32. The molecule has 0 aliphatic rings. The van der Waals surface area contributed by atoms with Crippen LogP contribution in [0.4, 0.5) is 26.3 Å². The Morgan fingerprint density at radius 3 is 1.50 bits per heavy atom. The highest BCUT2D eigenvalue weighted by Gasteiger charge is 2.52. The summed E-state index contributed by atoms with van der Waals surface area (Å²) < 4.78 is 74.3. The van der Waals surface area contributed by atoms with Gasteiger partial charge in [-0.2, -0.15) is 17.6 Å². The standard InChI is InChI=1S/C5H7F6P3/c6-2(4(9,12)13)1-3(7,8)5(10,11)14/h1H,12-14H2/b2-1-. The molecule has 0 fully saturated rings. The Kier molecular flexibility index (Phi) is 4.42. The highest BCUT2D eigenvalue weighted by molar-refractivity contribution is 7.39. The van der Waals surface area contributed by atoms with Crippen molar-refractivity contribution in [1.82, 2.24) is 0 Å². The average molecular weight is 274 g/mol. The number of hydrogen-bond acceptors (Lipinski definition) is 0. The first-order valence-corrected chi connectivity index (χ1v) is 4.81. The van der Waals surface area contributed by atoms with Crippen molar-refractivity contribution >= 4 is 27.7 Å². The van der Waals surface area contributed by atoms with Crippen LogP contribution in [0.15, 0.2) is 11.9 Å². The smallest absolute Gasteiger partial charge is 0.227 e. The molecule has 0 spiro atoms. The van der Waals surface area contributed by atoms with E-state index in [0.717, 1.165) is 0 Å². The monoisotopic (exact) mass is 274 g/mol. The maximum atomic E-state index is 12.6. The van der Waals surface area contributed by atoms with Gasteiger partial charge in [0.2, 0.25) is 0 Å². The predicted molar refractivity (Wildman–Crippen MR) is 52.1 cm³/mol. The average Bonchev–Trinajstić information content (AvgIpc) is 1.80. The molecule has 0 bridgehead atoms. The molecule has 0 N–H and O–H groups in total. The summed E-state index contributed by atoms with van der Waals surface area (Å²) in [4.78, 5) is 0. The van der Waals surface area contributed by atoms with Gasteiger partial charge in [0.25, 0.3) is 0 Å². The van der Waals surface area contributed by atoms with Gasteiger partial charge < -0.3 is 0 Å². The normalized spacial score (nSPS) is 15.9. The molecule has 0 aliphatic carbocycles. The molecule has 0 nitrogen and oxygen atoms in total. The van der Waals surface area contributed by atoms with Crippen LogP contribution in [0.1, 0.15) is 0 Å². The fourth-order valence-corrected chi connectivity index (χ4v) is 0.616. The van der Waals surface area contributed by atoms with Gasteiger partial charge in [0.1, 0.15) is 5.83 Å².